The van der Waals surface area contributed by atoms with Gasteiger partial charge in [0.25, 0.3) is 0 Å². The fourth-order valence-corrected chi connectivity index (χ4v) is 2.12. The standard InChI is InChI=1S/C13H22N4O/c1-2-18-10-9-16-5-7-17(8-6-16)13-4-3-12(14)11-15-13/h3-4,11H,2,5-10,14H2,1H3. The normalized spacial score (nSPS) is 17.1. The van der Waals surface area contributed by atoms with Crippen molar-refractivity contribution in [3.8, 4) is 0 Å². The van der Waals surface area contributed by atoms with Crippen molar-refractivity contribution in [2.45, 2.75) is 6.92 Å². The third-order valence-electron chi connectivity index (χ3n) is 3.22. The lowest BCUT2D eigenvalue weighted by molar-refractivity contribution is 0.111. The number of rotatable bonds is 5. The van der Waals surface area contributed by atoms with E-state index < -0.39 is 0 Å². The monoisotopic (exact) mass is 250 g/mol. The number of nitrogens with two attached hydrogens (primary N) is 1. The van der Waals surface area contributed by atoms with E-state index in [1.807, 2.05) is 19.1 Å². The maximum atomic E-state index is 5.64. The molecular formula is C13H22N4O. The van der Waals surface area contributed by atoms with Gasteiger partial charge in [-0.3, -0.25) is 4.90 Å². The van der Waals surface area contributed by atoms with E-state index in [-0.39, 0.29) is 0 Å². The Balaban J connectivity index is 1.77. The second-order valence-corrected chi connectivity index (χ2v) is 4.48. The number of pyridine rings is 1. The molecule has 18 heavy (non-hydrogen) atoms. The Morgan fingerprint density at radius 2 is 2.06 bits per heavy atom. The highest BCUT2D eigenvalue weighted by molar-refractivity contribution is 5.46. The number of ether oxygens (including phenoxy) is 1. The van der Waals surface area contributed by atoms with Crippen molar-refractivity contribution in [2.75, 3.05) is 56.6 Å². The van der Waals surface area contributed by atoms with Gasteiger partial charge in [0.15, 0.2) is 0 Å². The molecule has 1 aliphatic rings. The molecule has 0 unspecified atom stereocenters. The van der Waals surface area contributed by atoms with Gasteiger partial charge in [-0.05, 0) is 19.1 Å². The van der Waals surface area contributed by atoms with Crippen LogP contribution in [-0.2, 0) is 4.74 Å². The summed E-state index contributed by atoms with van der Waals surface area (Å²) in [6, 6.07) is 3.90. The van der Waals surface area contributed by atoms with Gasteiger partial charge in [-0.15, -0.1) is 0 Å². The van der Waals surface area contributed by atoms with Gasteiger partial charge in [0.05, 0.1) is 18.5 Å². The van der Waals surface area contributed by atoms with Crippen LogP contribution in [0.1, 0.15) is 6.92 Å². The van der Waals surface area contributed by atoms with E-state index >= 15 is 0 Å². The minimum Gasteiger partial charge on any atom is -0.397 e. The molecule has 100 valence electrons. The molecule has 0 aromatic carbocycles. The second-order valence-electron chi connectivity index (χ2n) is 4.48. The third kappa shape index (κ3) is 3.58. The van der Waals surface area contributed by atoms with Gasteiger partial charge in [-0.1, -0.05) is 0 Å². The molecule has 1 aliphatic heterocycles. The number of hydrogen-bond acceptors (Lipinski definition) is 5. The van der Waals surface area contributed by atoms with Crippen LogP contribution in [0, 0.1) is 0 Å². The minimum absolute atomic E-state index is 0.717. The summed E-state index contributed by atoms with van der Waals surface area (Å²) < 4.78 is 5.38. The maximum absolute atomic E-state index is 5.64. The Bertz CT molecular complexity index is 347. The third-order valence-corrected chi connectivity index (χ3v) is 3.22. The molecule has 1 saturated heterocycles. The van der Waals surface area contributed by atoms with E-state index in [9.17, 15) is 0 Å². The van der Waals surface area contributed by atoms with Crippen LogP contribution in [-0.4, -0.2) is 55.8 Å². The van der Waals surface area contributed by atoms with Crippen LogP contribution in [0.4, 0.5) is 11.5 Å². The average Bonchev–Trinajstić information content (AvgIpc) is 2.41. The van der Waals surface area contributed by atoms with Gasteiger partial charge in [0.1, 0.15) is 5.82 Å². The zero-order valence-corrected chi connectivity index (χ0v) is 11.0. The minimum atomic E-state index is 0.717. The summed E-state index contributed by atoms with van der Waals surface area (Å²) in [5, 5.41) is 0. The Hall–Kier alpha value is -1.33. The van der Waals surface area contributed by atoms with Crippen LogP contribution in [0.5, 0.6) is 0 Å². The van der Waals surface area contributed by atoms with Crippen LogP contribution in [0.15, 0.2) is 18.3 Å². The van der Waals surface area contributed by atoms with Crippen LogP contribution >= 0.6 is 0 Å². The number of anilines is 2. The molecule has 2 heterocycles. The number of piperazine rings is 1. The van der Waals surface area contributed by atoms with Crippen molar-refractivity contribution in [3.05, 3.63) is 18.3 Å². The van der Waals surface area contributed by atoms with Crippen molar-refractivity contribution >= 4 is 11.5 Å². The zero-order valence-electron chi connectivity index (χ0n) is 11.0. The lowest BCUT2D eigenvalue weighted by Crippen LogP contribution is -2.47. The predicted octanol–water partition coefficient (Wildman–Crippen LogP) is 0.822. The molecule has 5 heteroatoms. The van der Waals surface area contributed by atoms with E-state index in [1.54, 1.807) is 6.20 Å². The first kappa shape index (κ1) is 13.1. The molecule has 2 rings (SSSR count). The molecule has 0 spiro atoms. The molecule has 0 aliphatic carbocycles. The van der Waals surface area contributed by atoms with Gasteiger partial charge < -0.3 is 15.4 Å². The topological polar surface area (TPSA) is 54.6 Å². The van der Waals surface area contributed by atoms with Crippen molar-refractivity contribution in [3.63, 3.8) is 0 Å². The smallest absolute Gasteiger partial charge is 0.128 e. The summed E-state index contributed by atoms with van der Waals surface area (Å²) in [6.07, 6.45) is 1.72. The van der Waals surface area contributed by atoms with Crippen molar-refractivity contribution in [1.82, 2.24) is 9.88 Å². The zero-order chi connectivity index (χ0) is 12.8. The highest BCUT2D eigenvalue weighted by Gasteiger charge is 2.17. The van der Waals surface area contributed by atoms with Gasteiger partial charge in [-0.25, -0.2) is 4.98 Å². The summed E-state index contributed by atoms with van der Waals surface area (Å²) in [7, 11) is 0. The quantitative estimate of drug-likeness (QED) is 0.784. The molecule has 0 bridgehead atoms. The van der Waals surface area contributed by atoms with Crippen LogP contribution in [0.25, 0.3) is 0 Å². The maximum Gasteiger partial charge on any atom is 0.128 e. The Morgan fingerprint density at radius 3 is 2.67 bits per heavy atom. The van der Waals surface area contributed by atoms with E-state index in [0.29, 0.717) is 5.69 Å². The van der Waals surface area contributed by atoms with Gasteiger partial charge in [0.2, 0.25) is 0 Å². The summed E-state index contributed by atoms with van der Waals surface area (Å²) in [6.45, 7) is 8.86. The predicted molar refractivity (Wildman–Crippen MR) is 73.8 cm³/mol. The van der Waals surface area contributed by atoms with Crippen molar-refractivity contribution in [1.29, 1.82) is 0 Å². The summed E-state index contributed by atoms with van der Waals surface area (Å²) in [5.41, 5.74) is 6.36. The van der Waals surface area contributed by atoms with E-state index in [0.717, 1.165) is 51.8 Å². The highest BCUT2D eigenvalue weighted by Crippen LogP contribution is 2.14. The first-order valence-electron chi connectivity index (χ1n) is 6.56. The van der Waals surface area contributed by atoms with Crippen LogP contribution in [0.2, 0.25) is 0 Å². The van der Waals surface area contributed by atoms with Gasteiger partial charge >= 0.3 is 0 Å². The van der Waals surface area contributed by atoms with E-state index in [1.165, 1.54) is 0 Å². The Labute approximate surface area is 109 Å². The summed E-state index contributed by atoms with van der Waals surface area (Å²) in [4.78, 5) is 9.10. The molecule has 0 saturated carbocycles. The van der Waals surface area contributed by atoms with Crippen molar-refractivity contribution < 1.29 is 4.74 Å². The number of nitrogen functional groups attached to an aromatic ring is 1. The Kier molecular flexibility index (Phi) is 4.78. The van der Waals surface area contributed by atoms with Gasteiger partial charge in [0, 0.05) is 39.3 Å². The first-order chi connectivity index (χ1) is 8.79. The molecule has 0 atom stereocenters. The molecule has 1 aromatic heterocycles. The van der Waals surface area contributed by atoms with Crippen LogP contribution in [0.3, 0.4) is 0 Å². The fourth-order valence-electron chi connectivity index (χ4n) is 2.12. The SMILES string of the molecule is CCOCCN1CCN(c2ccc(N)cn2)CC1. The molecular weight excluding hydrogens is 228 g/mol. The van der Waals surface area contributed by atoms with E-state index in [2.05, 4.69) is 14.8 Å². The Morgan fingerprint density at radius 1 is 1.28 bits per heavy atom. The number of aromatic nitrogens is 1. The molecule has 5 nitrogen and oxygen atoms in total. The lowest BCUT2D eigenvalue weighted by Gasteiger charge is -2.35. The number of nitrogens with zero attached hydrogens (tertiary/aromatic N) is 3. The molecule has 0 amide bonds. The summed E-state index contributed by atoms with van der Waals surface area (Å²) >= 11 is 0. The molecule has 2 N–H and O–H groups in total. The lowest BCUT2D eigenvalue weighted by atomic mass is 10.3. The van der Waals surface area contributed by atoms with E-state index in [4.69, 9.17) is 10.5 Å². The molecule has 1 aromatic rings. The fraction of sp³-hybridized carbons (Fsp3) is 0.615. The largest absolute Gasteiger partial charge is 0.397 e. The number of hydrogen-bond donors (Lipinski definition) is 1. The second kappa shape index (κ2) is 6.56. The first-order valence-corrected chi connectivity index (χ1v) is 6.56. The molecule has 0 radical (unpaired) electrons. The average molecular weight is 250 g/mol. The van der Waals surface area contributed by atoms with Crippen LogP contribution < -0.4 is 10.6 Å². The van der Waals surface area contributed by atoms with Crippen molar-refractivity contribution in [2.24, 2.45) is 0 Å². The summed E-state index contributed by atoms with van der Waals surface area (Å²) in [5.74, 6) is 1.02. The molecule has 1 fully saturated rings. The van der Waals surface area contributed by atoms with Gasteiger partial charge in [-0.2, -0.15) is 0 Å². The highest BCUT2D eigenvalue weighted by atomic mass is 16.5.